The lowest BCUT2D eigenvalue weighted by atomic mass is 10.1. The molecule has 0 amide bonds. The summed E-state index contributed by atoms with van der Waals surface area (Å²) < 4.78 is 44.2. The lowest BCUT2D eigenvalue weighted by Gasteiger charge is -2.22. The zero-order chi connectivity index (χ0) is 18.0. The molecule has 4 N–H and O–H groups in total. The second-order valence-corrected chi connectivity index (χ2v) is 5.15. The average Bonchev–Trinajstić information content (AvgIpc) is 2.60. The van der Waals surface area contributed by atoms with Crippen molar-refractivity contribution in [2.24, 2.45) is 0 Å². The summed E-state index contributed by atoms with van der Waals surface area (Å²) in [5.41, 5.74) is 0.681. The topological polar surface area (TPSA) is 95.0 Å². The number of benzene rings is 1. The van der Waals surface area contributed by atoms with Crippen molar-refractivity contribution in [2.45, 2.75) is 6.18 Å². The largest absolute Gasteiger partial charge is 0.490 e. The summed E-state index contributed by atoms with van der Waals surface area (Å²) in [4.78, 5) is 7.59. The Labute approximate surface area is 141 Å². The van der Waals surface area contributed by atoms with Gasteiger partial charge in [-0.1, -0.05) is 0 Å². The lowest BCUT2D eigenvalue weighted by Crippen LogP contribution is -2.20. The summed E-state index contributed by atoms with van der Waals surface area (Å²) in [6.07, 6.45) is -2.71. The van der Waals surface area contributed by atoms with Crippen LogP contribution in [-0.2, 0) is 6.18 Å². The van der Waals surface area contributed by atoms with E-state index < -0.39 is 11.7 Å². The number of ether oxygens (including phenoxy) is 1. The number of rotatable bonds is 4. The van der Waals surface area contributed by atoms with Crippen LogP contribution in [0.1, 0.15) is 11.1 Å². The Kier molecular flexibility index (Phi) is 4.34. The molecular weight excluding hydrogens is 337 g/mol. The Morgan fingerprint density at radius 1 is 1.36 bits per heavy atom. The van der Waals surface area contributed by atoms with Crippen molar-refractivity contribution >= 4 is 29.4 Å². The van der Waals surface area contributed by atoms with Crippen LogP contribution in [0.3, 0.4) is 0 Å². The molecule has 2 heterocycles. The molecule has 0 radical (unpaired) electrons. The quantitative estimate of drug-likeness (QED) is 0.632. The lowest BCUT2D eigenvalue weighted by molar-refractivity contribution is -0.137. The van der Waals surface area contributed by atoms with Crippen LogP contribution in [-0.4, -0.2) is 36.4 Å². The van der Waals surface area contributed by atoms with E-state index in [0.717, 1.165) is 6.21 Å². The highest BCUT2D eigenvalue weighted by Gasteiger charge is 2.35. The van der Waals surface area contributed by atoms with Crippen LogP contribution in [0.2, 0.25) is 0 Å². The third kappa shape index (κ3) is 3.28. The van der Waals surface area contributed by atoms with E-state index in [2.05, 4.69) is 25.9 Å². The van der Waals surface area contributed by atoms with Crippen LogP contribution in [0.25, 0.3) is 0 Å². The molecule has 0 unspecified atom stereocenters. The van der Waals surface area contributed by atoms with Crippen LogP contribution < -0.4 is 20.7 Å². The molecular formula is C15H15F3N6O. The fourth-order valence-corrected chi connectivity index (χ4v) is 2.46. The first-order valence-electron chi connectivity index (χ1n) is 7.37. The SMILES string of the molecule is CNc1nc(Nc2ccc3c(c2C=N)NCCO3)ncc1C(F)(F)F. The van der Waals surface area contributed by atoms with Gasteiger partial charge in [0.2, 0.25) is 5.95 Å². The van der Waals surface area contributed by atoms with E-state index >= 15 is 0 Å². The molecule has 0 atom stereocenters. The molecule has 10 heteroatoms. The van der Waals surface area contributed by atoms with Crippen molar-refractivity contribution in [2.75, 3.05) is 36.1 Å². The van der Waals surface area contributed by atoms with E-state index in [4.69, 9.17) is 10.1 Å². The van der Waals surface area contributed by atoms with Crippen molar-refractivity contribution < 1.29 is 17.9 Å². The van der Waals surface area contributed by atoms with Crippen LogP contribution in [0.15, 0.2) is 18.3 Å². The van der Waals surface area contributed by atoms with E-state index in [-0.39, 0.29) is 11.8 Å². The van der Waals surface area contributed by atoms with Gasteiger partial charge in [0, 0.05) is 31.6 Å². The minimum Gasteiger partial charge on any atom is -0.490 e. The summed E-state index contributed by atoms with van der Waals surface area (Å²) in [5.74, 6) is 0.262. The summed E-state index contributed by atoms with van der Waals surface area (Å²) in [6, 6.07) is 3.37. The molecule has 1 aliphatic rings. The van der Waals surface area contributed by atoms with E-state index in [9.17, 15) is 13.2 Å². The first kappa shape index (κ1) is 16.8. The maximum atomic E-state index is 12.9. The number of alkyl halides is 3. The third-order valence-electron chi connectivity index (χ3n) is 3.59. The zero-order valence-electron chi connectivity index (χ0n) is 13.2. The van der Waals surface area contributed by atoms with Gasteiger partial charge in [-0.05, 0) is 12.1 Å². The van der Waals surface area contributed by atoms with E-state index in [1.807, 2.05) is 0 Å². The maximum Gasteiger partial charge on any atom is 0.421 e. The number of halogens is 3. The molecule has 7 nitrogen and oxygen atoms in total. The molecule has 0 spiro atoms. The van der Waals surface area contributed by atoms with Crippen LogP contribution in [0.5, 0.6) is 5.75 Å². The predicted molar refractivity (Wildman–Crippen MR) is 88.2 cm³/mol. The van der Waals surface area contributed by atoms with Gasteiger partial charge in [0.05, 0.1) is 11.4 Å². The Morgan fingerprint density at radius 2 is 2.16 bits per heavy atom. The summed E-state index contributed by atoms with van der Waals surface area (Å²) >= 11 is 0. The number of fused-ring (bicyclic) bond motifs is 1. The van der Waals surface area contributed by atoms with Crippen molar-refractivity contribution in [1.82, 2.24) is 9.97 Å². The third-order valence-corrected chi connectivity index (χ3v) is 3.59. The molecule has 0 fully saturated rings. The van der Waals surface area contributed by atoms with E-state index in [1.54, 1.807) is 12.1 Å². The highest BCUT2D eigenvalue weighted by atomic mass is 19.4. The highest BCUT2D eigenvalue weighted by molar-refractivity contribution is 5.96. The first-order valence-corrected chi connectivity index (χ1v) is 7.37. The number of hydrogen-bond donors (Lipinski definition) is 4. The van der Waals surface area contributed by atoms with Gasteiger partial charge < -0.3 is 26.1 Å². The summed E-state index contributed by atoms with van der Waals surface area (Å²) in [6.45, 7) is 1.11. The van der Waals surface area contributed by atoms with Crippen molar-refractivity contribution in [3.05, 3.63) is 29.5 Å². The number of hydrogen-bond acceptors (Lipinski definition) is 7. The molecule has 1 aromatic carbocycles. The highest BCUT2D eigenvalue weighted by Crippen LogP contribution is 2.37. The smallest absolute Gasteiger partial charge is 0.421 e. The molecule has 0 saturated carbocycles. The molecule has 1 aromatic heterocycles. The van der Waals surface area contributed by atoms with Gasteiger partial charge in [-0.3, -0.25) is 0 Å². The Balaban J connectivity index is 1.96. The molecule has 132 valence electrons. The molecule has 25 heavy (non-hydrogen) atoms. The maximum absolute atomic E-state index is 12.9. The van der Waals surface area contributed by atoms with Crippen LogP contribution in [0.4, 0.5) is 36.3 Å². The second-order valence-electron chi connectivity index (χ2n) is 5.15. The monoisotopic (exact) mass is 352 g/mol. The van der Waals surface area contributed by atoms with Gasteiger partial charge in [-0.25, -0.2) is 4.98 Å². The van der Waals surface area contributed by atoms with Crippen molar-refractivity contribution in [3.63, 3.8) is 0 Å². The molecule has 0 saturated heterocycles. The van der Waals surface area contributed by atoms with Crippen molar-refractivity contribution in [3.8, 4) is 5.75 Å². The number of nitrogens with zero attached hydrogens (tertiary/aromatic N) is 2. The van der Waals surface area contributed by atoms with Gasteiger partial charge in [-0.15, -0.1) is 0 Å². The minimum atomic E-state index is -4.55. The standard InChI is InChI=1S/C15H15F3N6O/c1-20-13-9(15(16,17)18)7-22-14(24-13)23-10-2-3-11-12(8(10)6-19)21-4-5-25-11/h2-3,6-7,19,21H,4-5H2,1H3,(H2,20,22,23,24). The fraction of sp³-hybridized carbons (Fsp3) is 0.267. The molecule has 1 aliphatic heterocycles. The predicted octanol–water partition coefficient (Wildman–Crippen LogP) is 3.08. The zero-order valence-corrected chi connectivity index (χ0v) is 13.2. The molecule has 3 rings (SSSR count). The number of aromatic nitrogens is 2. The van der Waals surface area contributed by atoms with Gasteiger partial charge in [0.15, 0.2) is 0 Å². The van der Waals surface area contributed by atoms with E-state index in [1.165, 1.54) is 7.05 Å². The number of nitrogens with one attached hydrogen (secondary N) is 4. The normalized spacial score (nSPS) is 13.3. The van der Waals surface area contributed by atoms with E-state index in [0.29, 0.717) is 42.0 Å². The summed E-state index contributed by atoms with van der Waals surface area (Å²) in [7, 11) is 1.35. The van der Waals surface area contributed by atoms with Gasteiger partial charge in [0.25, 0.3) is 0 Å². The molecule has 0 aliphatic carbocycles. The fourth-order valence-electron chi connectivity index (χ4n) is 2.46. The first-order chi connectivity index (χ1) is 11.9. The van der Waals surface area contributed by atoms with Gasteiger partial charge >= 0.3 is 6.18 Å². The second kappa shape index (κ2) is 6.46. The van der Waals surface area contributed by atoms with Crippen LogP contribution in [0, 0.1) is 5.41 Å². The Bertz CT molecular complexity index is 809. The van der Waals surface area contributed by atoms with Crippen LogP contribution >= 0.6 is 0 Å². The number of anilines is 4. The molecule has 2 aromatic rings. The molecule has 0 bridgehead atoms. The summed E-state index contributed by atoms with van der Waals surface area (Å²) in [5, 5.41) is 16.0. The van der Waals surface area contributed by atoms with Gasteiger partial charge in [0.1, 0.15) is 23.7 Å². The average molecular weight is 352 g/mol. The van der Waals surface area contributed by atoms with Gasteiger partial charge in [-0.2, -0.15) is 18.2 Å². The Morgan fingerprint density at radius 3 is 2.84 bits per heavy atom. The Hall–Kier alpha value is -3.04. The van der Waals surface area contributed by atoms with Crippen molar-refractivity contribution in [1.29, 1.82) is 5.41 Å². The minimum absolute atomic E-state index is 0.0165.